The summed E-state index contributed by atoms with van der Waals surface area (Å²) in [5.74, 6) is 1.61. The van der Waals surface area contributed by atoms with Crippen LogP contribution in [0, 0.1) is 0 Å². The van der Waals surface area contributed by atoms with Gasteiger partial charge in [-0.15, -0.1) is 10.2 Å². The van der Waals surface area contributed by atoms with Crippen LogP contribution in [0.4, 0.5) is 0 Å². The third-order valence-electron chi connectivity index (χ3n) is 4.89. The summed E-state index contributed by atoms with van der Waals surface area (Å²) < 4.78 is 2.14. The third kappa shape index (κ3) is 1.73. The van der Waals surface area contributed by atoms with Gasteiger partial charge in [-0.05, 0) is 43.4 Å². The number of halogens is 1. The fraction of sp³-hybridized carbons (Fsp3) is 0.353. The Balaban J connectivity index is 1.67. The number of rotatable bonds is 3. The van der Waals surface area contributed by atoms with E-state index >= 15 is 0 Å². The highest BCUT2D eigenvalue weighted by molar-refractivity contribution is 6.30. The van der Waals surface area contributed by atoms with Crippen LogP contribution >= 0.6 is 11.6 Å². The number of fused-ring (bicyclic) bond motifs is 1. The quantitative estimate of drug-likeness (QED) is 0.740. The lowest BCUT2D eigenvalue weighted by molar-refractivity contribution is 0.738. The van der Waals surface area contributed by atoms with Gasteiger partial charge in [-0.25, -0.2) is 0 Å². The van der Waals surface area contributed by atoms with Crippen molar-refractivity contribution in [3.63, 3.8) is 0 Å². The molecule has 0 amide bonds. The minimum Gasteiger partial charge on any atom is -0.283 e. The van der Waals surface area contributed by atoms with Crippen molar-refractivity contribution in [2.75, 3.05) is 0 Å². The minimum absolute atomic E-state index is 0.00776. The first kappa shape index (κ1) is 12.6. The highest BCUT2D eigenvalue weighted by Gasteiger charge is 2.50. The summed E-state index contributed by atoms with van der Waals surface area (Å²) in [6.07, 6.45) is 8.53. The van der Waals surface area contributed by atoms with Gasteiger partial charge in [-0.2, -0.15) is 0 Å². The molecule has 5 heteroatoms. The van der Waals surface area contributed by atoms with E-state index in [0.717, 1.165) is 35.0 Å². The van der Waals surface area contributed by atoms with E-state index in [1.54, 1.807) is 0 Å². The molecule has 0 bridgehead atoms. The summed E-state index contributed by atoms with van der Waals surface area (Å²) in [4.78, 5) is 4.53. The highest BCUT2D eigenvalue weighted by Crippen LogP contribution is 2.53. The smallest absolute Gasteiger partial charge is 0.182 e. The molecule has 2 saturated carbocycles. The van der Waals surface area contributed by atoms with Gasteiger partial charge in [0, 0.05) is 23.3 Å². The van der Waals surface area contributed by atoms with Crippen LogP contribution in [0.15, 0.2) is 36.7 Å². The maximum Gasteiger partial charge on any atom is 0.182 e. The predicted molar refractivity (Wildman–Crippen MR) is 84.2 cm³/mol. The Bertz CT molecular complexity index is 860. The van der Waals surface area contributed by atoms with Crippen molar-refractivity contribution in [3.8, 4) is 0 Å². The summed E-state index contributed by atoms with van der Waals surface area (Å²) in [5.41, 5.74) is 3.30. The van der Waals surface area contributed by atoms with Crippen LogP contribution in [0.2, 0.25) is 5.02 Å². The van der Waals surface area contributed by atoms with Crippen molar-refractivity contribution in [1.82, 2.24) is 19.6 Å². The largest absolute Gasteiger partial charge is 0.283 e. The number of hydrogen-bond donors (Lipinski definition) is 0. The van der Waals surface area contributed by atoms with Crippen LogP contribution in [0.1, 0.15) is 48.7 Å². The highest BCUT2D eigenvalue weighted by atomic mass is 35.5. The van der Waals surface area contributed by atoms with E-state index in [4.69, 9.17) is 11.6 Å². The van der Waals surface area contributed by atoms with Crippen LogP contribution < -0.4 is 0 Å². The van der Waals surface area contributed by atoms with Gasteiger partial charge in [0.25, 0.3) is 0 Å². The lowest BCUT2D eigenvalue weighted by Gasteiger charge is -2.14. The van der Waals surface area contributed by atoms with Crippen molar-refractivity contribution in [2.45, 2.75) is 37.0 Å². The number of aromatic nitrogens is 4. The topological polar surface area (TPSA) is 43.1 Å². The molecule has 2 aliphatic rings. The van der Waals surface area contributed by atoms with E-state index in [9.17, 15) is 0 Å². The molecule has 4 nitrogen and oxygen atoms in total. The molecule has 0 spiro atoms. The molecule has 2 heterocycles. The van der Waals surface area contributed by atoms with Gasteiger partial charge in [-0.3, -0.25) is 9.38 Å². The second-order valence-corrected chi connectivity index (χ2v) is 6.83. The molecule has 110 valence electrons. The summed E-state index contributed by atoms with van der Waals surface area (Å²) >= 11 is 6.02. The van der Waals surface area contributed by atoms with Crippen LogP contribution in [0.3, 0.4) is 0 Å². The van der Waals surface area contributed by atoms with Crippen LogP contribution in [-0.2, 0) is 5.41 Å². The van der Waals surface area contributed by atoms with Gasteiger partial charge in [-0.1, -0.05) is 23.7 Å². The standard InChI is InChI=1S/C17H15ClN4/c18-13-5-3-12(4-6-13)17(7-8-17)16-21-20-15-14(11-1-2-11)19-9-10-22(15)16/h3-6,9-11H,1-2,7-8H2. The molecule has 0 saturated heterocycles. The normalized spacial score (nSPS) is 19.5. The zero-order valence-electron chi connectivity index (χ0n) is 12.0. The Morgan fingerprint density at radius 2 is 1.86 bits per heavy atom. The summed E-state index contributed by atoms with van der Waals surface area (Å²) in [5, 5.41) is 9.76. The molecule has 2 aliphatic carbocycles. The molecular formula is C17H15ClN4. The van der Waals surface area contributed by atoms with Crippen LogP contribution in [0.5, 0.6) is 0 Å². The van der Waals surface area contributed by atoms with Gasteiger partial charge in [0.2, 0.25) is 0 Å². The minimum atomic E-state index is -0.00776. The Morgan fingerprint density at radius 3 is 2.55 bits per heavy atom. The third-order valence-corrected chi connectivity index (χ3v) is 5.15. The molecule has 0 radical (unpaired) electrons. The van der Waals surface area contributed by atoms with Crippen molar-refractivity contribution < 1.29 is 0 Å². The summed E-state index contributed by atoms with van der Waals surface area (Å²) in [6, 6.07) is 8.13. The first-order valence-corrected chi connectivity index (χ1v) is 8.12. The Labute approximate surface area is 133 Å². The molecule has 0 aliphatic heterocycles. The average molecular weight is 311 g/mol. The van der Waals surface area contributed by atoms with E-state index < -0.39 is 0 Å². The molecule has 0 unspecified atom stereocenters. The van der Waals surface area contributed by atoms with Gasteiger partial charge >= 0.3 is 0 Å². The Morgan fingerprint density at radius 1 is 1.09 bits per heavy atom. The van der Waals surface area contributed by atoms with Crippen molar-refractivity contribution in [3.05, 3.63) is 58.8 Å². The average Bonchev–Trinajstić information content (AvgIpc) is 3.46. The van der Waals surface area contributed by atoms with Gasteiger partial charge < -0.3 is 0 Å². The van der Waals surface area contributed by atoms with Gasteiger partial charge in [0.05, 0.1) is 11.1 Å². The Kier molecular flexibility index (Phi) is 2.46. The monoisotopic (exact) mass is 310 g/mol. The summed E-state index contributed by atoms with van der Waals surface area (Å²) in [6.45, 7) is 0. The summed E-state index contributed by atoms with van der Waals surface area (Å²) in [7, 11) is 0. The molecular weight excluding hydrogens is 296 g/mol. The molecule has 22 heavy (non-hydrogen) atoms. The van der Waals surface area contributed by atoms with E-state index in [2.05, 4.69) is 31.7 Å². The maximum absolute atomic E-state index is 6.02. The number of benzene rings is 1. The van der Waals surface area contributed by atoms with Crippen molar-refractivity contribution >= 4 is 17.2 Å². The van der Waals surface area contributed by atoms with E-state index in [1.165, 1.54) is 18.4 Å². The fourth-order valence-corrected chi connectivity index (χ4v) is 3.48. The SMILES string of the molecule is Clc1ccc(C2(c3nnc4c(C5CC5)nccn34)CC2)cc1. The van der Waals surface area contributed by atoms with Gasteiger partial charge in [0.15, 0.2) is 5.65 Å². The van der Waals surface area contributed by atoms with E-state index in [-0.39, 0.29) is 5.41 Å². The molecule has 1 aromatic carbocycles. The lowest BCUT2D eigenvalue weighted by atomic mass is 9.95. The molecule has 5 rings (SSSR count). The van der Waals surface area contributed by atoms with E-state index in [1.807, 2.05) is 24.5 Å². The molecule has 2 aromatic heterocycles. The predicted octanol–water partition coefficient (Wildman–Crippen LogP) is 3.74. The molecule has 0 N–H and O–H groups in total. The van der Waals surface area contributed by atoms with Gasteiger partial charge in [0.1, 0.15) is 5.82 Å². The first-order valence-electron chi connectivity index (χ1n) is 7.74. The van der Waals surface area contributed by atoms with Crippen LogP contribution in [0.25, 0.3) is 5.65 Å². The van der Waals surface area contributed by atoms with Crippen LogP contribution in [-0.4, -0.2) is 19.6 Å². The fourth-order valence-electron chi connectivity index (χ4n) is 3.35. The Hall–Kier alpha value is -1.94. The second kappa shape index (κ2) is 4.29. The van der Waals surface area contributed by atoms with Crippen molar-refractivity contribution in [2.24, 2.45) is 0 Å². The lowest BCUT2D eigenvalue weighted by Crippen LogP contribution is -2.13. The maximum atomic E-state index is 6.02. The van der Waals surface area contributed by atoms with Crippen molar-refractivity contribution in [1.29, 1.82) is 0 Å². The number of hydrogen-bond acceptors (Lipinski definition) is 3. The molecule has 3 aromatic rings. The molecule has 2 fully saturated rings. The van der Waals surface area contributed by atoms with E-state index in [0.29, 0.717) is 5.92 Å². The zero-order valence-corrected chi connectivity index (χ0v) is 12.8. The zero-order chi connectivity index (χ0) is 14.7. The molecule has 0 atom stereocenters. The number of nitrogens with zero attached hydrogens (tertiary/aromatic N) is 4. The first-order chi connectivity index (χ1) is 10.8. The second-order valence-electron chi connectivity index (χ2n) is 6.39.